The van der Waals surface area contributed by atoms with Crippen molar-refractivity contribution in [2.75, 3.05) is 0 Å². The zero-order chi connectivity index (χ0) is 22.8. The van der Waals surface area contributed by atoms with E-state index in [9.17, 15) is 13.0 Å². The first-order valence-corrected chi connectivity index (χ1v) is 11.7. The van der Waals surface area contributed by atoms with E-state index in [0.29, 0.717) is 16.8 Å². The third-order valence-electron chi connectivity index (χ3n) is 5.32. The summed E-state index contributed by atoms with van der Waals surface area (Å²) in [5, 5.41) is 11.0. The van der Waals surface area contributed by atoms with Gasteiger partial charge in [-0.1, -0.05) is 91.0 Å². The fraction of sp³-hybridized carbons (Fsp3) is 0. The van der Waals surface area contributed by atoms with Crippen LogP contribution < -0.4 is 29.6 Å². The number of hydrogen-bond acceptors (Lipinski definition) is 4. The number of fused-ring (bicyclic) bond motifs is 1. The molecule has 0 spiro atoms. The van der Waals surface area contributed by atoms with E-state index in [1.54, 1.807) is 30.5 Å². The van der Waals surface area contributed by atoms with Crippen molar-refractivity contribution < 1.29 is 44.0 Å². The van der Waals surface area contributed by atoms with Gasteiger partial charge in [-0.3, -0.25) is 4.55 Å². The Labute approximate surface area is 221 Å². The van der Waals surface area contributed by atoms with Crippen molar-refractivity contribution in [3.05, 3.63) is 108 Å². The predicted molar refractivity (Wildman–Crippen MR) is 131 cm³/mol. The molecule has 0 unspecified atom stereocenters. The third kappa shape index (κ3) is 5.04. The van der Waals surface area contributed by atoms with Crippen molar-refractivity contribution in [1.82, 2.24) is 15.0 Å². The van der Waals surface area contributed by atoms with E-state index in [0.717, 1.165) is 22.0 Å². The Morgan fingerprint density at radius 3 is 2.38 bits per heavy atom. The largest absolute Gasteiger partial charge is 1.00 e. The summed E-state index contributed by atoms with van der Waals surface area (Å²) >= 11 is 0. The second-order valence-electron chi connectivity index (χ2n) is 7.49. The minimum atomic E-state index is -4.45. The van der Waals surface area contributed by atoms with Gasteiger partial charge in [-0.15, -0.1) is 5.10 Å². The van der Waals surface area contributed by atoms with Crippen LogP contribution in [0.25, 0.3) is 39.9 Å². The summed E-state index contributed by atoms with van der Waals surface area (Å²) in [7, 11) is -4.45. The molecule has 0 aliphatic rings. The molecule has 5 rings (SSSR count). The molecule has 0 aliphatic carbocycles. The van der Waals surface area contributed by atoms with Gasteiger partial charge in [0.2, 0.25) is 0 Å². The first kappa shape index (κ1) is 24.1. The molecule has 0 aliphatic heterocycles. The van der Waals surface area contributed by atoms with Crippen molar-refractivity contribution in [2.45, 2.75) is 4.90 Å². The molecule has 0 atom stereocenters. The van der Waals surface area contributed by atoms with Crippen LogP contribution in [0.5, 0.6) is 0 Å². The van der Waals surface area contributed by atoms with Crippen LogP contribution in [0.15, 0.2) is 102 Å². The zero-order valence-electron chi connectivity index (χ0n) is 19.4. The summed E-state index contributed by atoms with van der Waals surface area (Å²) in [5.41, 5.74) is 3.14. The Bertz CT molecular complexity index is 1600. The van der Waals surface area contributed by atoms with E-state index < -0.39 is 10.1 Å². The van der Waals surface area contributed by atoms with Gasteiger partial charge < -0.3 is 1.43 Å². The number of nitrogens with zero attached hydrogens (tertiary/aromatic N) is 3. The van der Waals surface area contributed by atoms with Gasteiger partial charge in [0.15, 0.2) is 0 Å². The van der Waals surface area contributed by atoms with E-state index in [1.807, 2.05) is 72.8 Å². The number of rotatable bonds is 5. The van der Waals surface area contributed by atoms with Crippen LogP contribution >= 0.6 is 0 Å². The molecule has 0 amide bonds. The Morgan fingerprint density at radius 1 is 0.853 bits per heavy atom. The average Bonchev–Trinajstić information content (AvgIpc) is 3.32. The summed E-state index contributed by atoms with van der Waals surface area (Å²) in [5.74, 6) is 0. The molecule has 8 heteroatoms. The third-order valence-corrected chi connectivity index (χ3v) is 6.23. The van der Waals surface area contributed by atoms with Gasteiger partial charge in [0, 0.05) is 10.9 Å². The van der Waals surface area contributed by atoms with E-state index in [-0.39, 0.29) is 35.9 Å². The normalized spacial score (nSPS) is 11.6. The van der Waals surface area contributed by atoms with Crippen LogP contribution in [0.3, 0.4) is 0 Å². The fourth-order valence-electron chi connectivity index (χ4n) is 3.70. The van der Waals surface area contributed by atoms with Crippen molar-refractivity contribution in [3.63, 3.8) is 0 Å². The SMILES string of the molecule is O=S(=O)(O)c1cc(-c2cnn(-c3cccc4ccccc34)n2)ccc1C=Cc1ccccc1.[H-].[Na+]. The van der Waals surface area contributed by atoms with E-state index >= 15 is 0 Å². The first-order valence-electron chi connectivity index (χ1n) is 10.2. The molecular formula is C26H20N3NaO3S. The van der Waals surface area contributed by atoms with Gasteiger partial charge >= 0.3 is 29.6 Å². The van der Waals surface area contributed by atoms with Crippen molar-refractivity contribution >= 4 is 33.0 Å². The van der Waals surface area contributed by atoms with Crippen LogP contribution in [-0.2, 0) is 10.1 Å². The molecule has 0 saturated carbocycles. The molecule has 164 valence electrons. The van der Waals surface area contributed by atoms with Crippen LogP contribution in [-0.4, -0.2) is 28.0 Å². The monoisotopic (exact) mass is 477 g/mol. The van der Waals surface area contributed by atoms with E-state index in [1.165, 1.54) is 10.9 Å². The Hall–Kier alpha value is -3.07. The number of aromatic nitrogens is 3. The van der Waals surface area contributed by atoms with Gasteiger partial charge in [0.1, 0.15) is 10.6 Å². The molecule has 6 nitrogen and oxygen atoms in total. The van der Waals surface area contributed by atoms with Gasteiger partial charge in [-0.05, 0) is 28.6 Å². The molecule has 4 aromatic carbocycles. The van der Waals surface area contributed by atoms with Crippen molar-refractivity contribution in [2.24, 2.45) is 0 Å². The maximum absolute atomic E-state index is 12.1. The Morgan fingerprint density at radius 2 is 1.59 bits per heavy atom. The summed E-state index contributed by atoms with van der Waals surface area (Å²) in [6, 6.07) is 28.1. The fourth-order valence-corrected chi connectivity index (χ4v) is 4.41. The number of benzene rings is 4. The van der Waals surface area contributed by atoms with Crippen LogP contribution in [0, 0.1) is 0 Å². The van der Waals surface area contributed by atoms with Gasteiger partial charge in [0.05, 0.1) is 11.9 Å². The van der Waals surface area contributed by atoms with Gasteiger partial charge in [0.25, 0.3) is 10.1 Å². The van der Waals surface area contributed by atoms with Gasteiger partial charge in [-0.25, -0.2) is 0 Å². The Kier molecular flexibility index (Phi) is 7.11. The summed E-state index contributed by atoms with van der Waals surface area (Å²) < 4.78 is 34.0. The van der Waals surface area contributed by atoms with Gasteiger partial charge in [-0.2, -0.15) is 18.3 Å². The van der Waals surface area contributed by atoms with Crippen LogP contribution in [0.4, 0.5) is 0 Å². The molecule has 5 aromatic rings. The average molecular weight is 478 g/mol. The Balaban J connectivity index is 0.00000171. The van der Waals surface area contributed by atoms with E-state index in [4.69, 9.17) is 0 Å². The zero-order valence-corrected chi connectivity index (χ0v) is 21.2. The maximum Gasteiger partial charge on any atom is 1.00 e. The molecule has 34 heavy (non-hydrogen) atoms. The first-order chi connectivity index (χ1) is 16.0. The second-order valence-corrected chi connectivity index (χ2v) is 8.88. The van der Waals surface area contributed by atoms with Crippen molar-refractivity contribution in [3.8, 4) is 16.9 Å². The summed E-state index contributed by atoms with van der Waals surface area (Å²) in [6.45, 7) is 0. The molecule has 1 aromatic heterocycles. The maximum atomic E-state index is 12.1. The molecular weight excluding hydrogens is 457 g/mol. The smallest absolute Gasteiger partial charge is 1.00 e. The molecule has 0 saturated heterocycles. The minimum Gasteiger partial charge on any atom is -1.00 e. The summed E-state index contributed by atoms with van der Waals surface area (Å²) in [4.78, 5) is 1.33. The predicted octanol–water partition coefficient (Wildman–Crippen LogP) is 2.62. The van der Waals surface area contributed by atoms with Crippen LogP contribution in [0.1, 0.15) is 12.6 Å². The number of hydrogen-bond donors (Lipinski definition) is 1. The van der Waals surface area contributed by atoms with E-state index in [2.05, 4.69) is 10.2 Å². The molecule has 0 fully saturated rings. The van der Waals surface area contributed by atoms with Crippen LogP contribution in [0.2, 0.25) is 0 Å². The quantitative estimate of drug-likeness (QED) is 0.239. The second kappa shape index (κ2) is 10.0. The topological polar surface area (TPSA) is 85.1 Å². The summed E-state index contributed by atoms with van der Waals surface area (Å²) in [6.07, 6.45) is 5.03. The van der Waals surface area contributed by atoms with Crippen molar-refractivity contribution in [1.29, 1.82) is 0 Å². The molecule has 1 heterocycles. The molecule has 0 bridgehead atoms. The molecule has 0 radical (unpaired) electrons. The standard InChI is InChI=1S/C26H19N3O3S.Na.H/c30-33(31,32)26-17-22(16-15-21(26)14-13-19-7-2-1-3-8-19)24-18-27-29(28-24)25-12-6-10-20-9-4-5-11-23(20)25;;/h1-18H,(H,30,31,32);;/q;+1;-1. The minimum absolute atomic E-state index is 0. The molecule has 1 N–H and O–H groups in total.